The minimum Gasteiger partial charge on any atom is -0.468 e. The van der Waals surface area contributed by atoms with Crippen molar-refractivity contribution in [3.63, 3.8) is 0 Å². The van der Waals surface area contributed by atoms with Gasteiger partial charge in [-0.3, -0.25) is 14.8 Å². The van der Waals surface area contributed by atoms with Crippen molar-refractivity contribution in [2.45, 2.75) is 19.5 Å². The molecule has 1 rings (SSSR count). The molecule has 0 saturated heterocycles. The largest absolute Gasteiger partial charge is 0.468 e. The highest BCUT2D eigenvalue weighted by Crippen LogP contribution is 1.95. The first-order chi connectivity index (χ1) is 6.63. The van der Waals surface area contributed by atoms with Gasteiger partial charge in [-0.2, -0.15) is 5.10 Å². The van der Waals surface area contributed by atoms with Gasteiger partial charge in [0.1, 0.15) is 6.04 Å². The molecule has 1 aromatic rings. The third-order valence-corrected chi connectivity index (χ3v) is 1.91. The number of esters is 1. The highest BCUT2D eigenvalue weighted by molar-refractivity contribution is 5.74. The van der Waals surface area contributed by atoms with Gasteiger partial charge in [-0.25, -0.2) is 0 Å². The van der Waals surface area contributed by atoms with Gasteiger partial charge in [-0.15, -0.1) is 0 Å². The molecule has 1 unspecified atom stereocenters. The number of nitrogens with zero attached hydrogens (tertiary/aromatic N) is 2. The van der Waals surface area contributed by atoms with E-state index in [2.05, 4.69) is 15.2 Å². The fraction of sp³-hybridized carbons (Fsp3) is 0.556. The average molecular weight is 197 g/mol. The van der Waals surface area contributed by atoms with Crippen molar-refractivity contribution in [1.82, 2.24) is 15.1 Å². The number of rotatable bonds is 4. The summed E-state index contributed by atoms with van der Waals surface area (Å²) < 4.78 is 6.30. The van der Waals surface area contributed by atoms with Crippen LogP contribution in [0.3, 0.4) is 0 Å². The molecule has 5 heteroatoms. The molecule has 1 atom stereocenters. The second kappa shape index (κ2) is 4.76. The zero-order chi connectivity index (χ0) is 10.6. The molecule has 0 aliphatic carbocycles. The normalized spacial score (nSPS) is 12.5. The van der Waals surface area contributed by atoms with E-state index in [1.807, 2.05) is 19.3 Å². The molecule has 0 spiro atoms. The Kier molecular flexibility index (Phi) is 3.64. The highest BCUT2D eigenvalue weighted by atomic mass is 16.5. The van der Waals surface area contributed by atoms with E-state index in [1.54, 1.807) is 11.6 Å². The zero-order valence-corrected chi connectivity index (χ0v) is 8.65. The number of ether oxygens (including phenoxy) is 1. The molecule has 0 amide bonds. The quantitative estimate of drug-likeness (QED) is 0.694. The van der Waals surface area contributed by atoms with Crippen molar-refractivity contribution < 1.29 is 9.53 Å². The van der Waals surface area contributed by atoms with Crippen LogP contribution in [0.5, 0.6) is 0 Å². The first-order valence-electron chi connectivity index (χ1n) is 4.43. The molecule has 0 aromatic carbocycles. The van der Waals surface area contributed by atoms with Crippen molar-refractivity contribution in [3.8, 4) is 0 Å². The maximum absolute atomic E-state index is 11.0. The van der Waals surface area contributed by atoms with Crippen LogP contribution in [0.2, 0.25) is 0 Å². The lowest BCUT2D eigenvalue weighted by Crippen LogP contribution is -2.34. The van der Waals surface area contributed by atoms with Crippen LogP contribution in [-0.2, 0) is 23.1 Å². The van der Waals surface area contributed by atoms with E-state index in [-0.39, 0.29) is 12.0 Å². The maximum Gasteiger partial charge on any atom is 0.322 e. The number of hydrogen-bond acceptors (Lipinski definition) is 4. The van der Waals surface area contributed by atoms with E-state index < -0.39 is 0 Å². The third kappa shape index (κ3) is 2.85. The zero-order valence-electron chi connectivity index (χ0n) is 8.65. The summed E-state index contributed by atoms with van der Waals surface area (Å²) in [6.07, 6.45) is 1.86. The van der Waals surface area contributed by atoms with Crippen molar-refractivity contribution in [2.24, 2.45) is 7.05 Å². The van der Waals surface area contributed by atoms with Crippen molar-refractivity contribution >= 4 is 5.97 Å². The number of carbonyl (C=O) groups excluding carboxylic acids is 1. The second-order valence-corrected chi connectivity index (χ2v) is 3.11. The van der Waals surface area contributed by atoms with E-state index in [0.29, 0.717) is 6.54 Å². The summed E-state index contributed by atoms with van der Waals surface area (Å²) in [5.74, 6) is -0.263. The summed E-state index contributed by atoms with van der Waals surface area (Å²) >= 11 is 0. The fourth-order valence-corrected chi connectivity index (χ4v) is 1.08. The van der Waals surface area contributed by atoms with Crippen LogP contribution < -0.4 is 5.32 Å². The number of methoxy groups -OCH3 is 1. The van der Waals surface area contributed by atoms with Gasteiger partial charge in [-0.1, -0.05) is 0 Å². The van der Waals surface area contributed by atoms with Gasteiger partial charge in [0.15, 0.2) is 0 Å². The Morgan fingerprint density at radius 3 is 3.00 bits per heavy atom. The Morgan fingerprint density at radius 2 is 2.50 bits per heavy atom. The van der Waals surface area contributed by atoms with Crippen LogP contribution in [0.15, 0.2) is 12.3 Å². The minimum atomic E-state index is -0.304. The lowest BCUT2D eigenvalue weighted by molar-refractivity contribution is -0.142. The molecule has 1 aromatic heterocycles. The third-order valence-electron chi connectivity index (χ3n) is 1.91. The molecule has 78 valence electrons. The molecule has 0 saturated carbocycles. The number of nitrogens with one attached hydrogen (secondary N) is 1. The van der Waals surface area contributed by atoms with E-state index in [1.165, 1.54) is 7.11 Å². The van der Waals surface area contributed by atoms with Gasteiger partial charge in [0, 0.05) is 19.8 Å². The summed E-state index contributed by atoms with van der Waals surface area (Å²) in [6.45, 7) is 2.33. The molecule has 1 heterocycles. The summed E-state index contributed by atoms with van der Waals surface area (Å²) in [7, 11) is 3.23. The lowest BCUT2D eigenvalue weighted by atomic mass is 10.3. The van der Waals surface area contributed by atoms with E-state index in [4.69, 9.17) is 0 Å². The van der Waals surface area contributed by atoms with Crippen LogP contribution in [0, 0.1) is 0 Å². The van der Waals surface area contributed by atoms with Gasteiger partial charge in [0.05, 0.1) is 12.8 Å². The highest BCUT2D eigenvalue weighted by Gasteiger charge is 2.11. The number of aromatic nitrogens is 2. The maximum atomic E-state index is 11.0. The number of carbonyl (C=O) groups is 1. The van der Waals surface area contributed by atoms with Crippen LogP contribution >= 0.6 is 0 Å². The molecule has 1 N–H and O–H groups in total. The molecule has 5 nitrogen and oxygen atoms in total. The predicted octanol–water partition coefficient (Wildman–Crippen LogP) is 0.0712. The molecule has 0 radical (unpaired) electrons. The van der Waals surface area contributed by atoms with Gasteiger partial charge >= 0.3 is 5.97 Å². The predicted molar refractivity (Wildman–Crippen MR) is 51.5 cm³/mol. The number of hydrogen-bond donors (Lipinski definition) is 1. The molecular weight excluding hydrogens is 182 g/mol. The Bertz CT molecular complexity index is 309. The van der Waals surface area contributed by atoms with Crippen LogP contribution in [0.1, 0.15) is 12.6 Å². The Balaban J connectivity index is 2.37. The van der Waals surface area contributed by atoms with Crippen LogP contribution in [0.25, 0.3) is 0 Å². The van der Waals surface area contributed by atoms with Gasteiger partial charge in [0.25, 0.3) is 0 Å². The monoisotopic (exact) mass is 197 g/mol. The molecule has 0 fully saturated rings. The fourth-order valence-electron chi connectivity index (χ4n) is 1.08. The summed E-state index contributed by atoms with van der Waals surface area (Å²) in [4.78, 5) is 11.0. The Hall–Kier alpha value is -1.36. The smallest absolute Gasteiger partial charge is 0.322 e. The standard InChI is InChI=1S/C9H15N3O2/c1-7(9(13)14-3)10-6-8-4-5-12(2)11-8/h4-5,7,10H,6H2,1-3H3. The van der Waals surface area contributed by atoms with E-state index >= 15 is 0 Å². The van der Waals surface area contributed by atoms with Crippen molar-refractivity contribution in [2.75, 3.05) is 7.11 Å². The molecular formula is C9H15N3O2. The average Bonchev–Trinajstić information content (AvgIpc) is 2.59. The molecule has 0 aliphatic rings. The van der Waals surface area contributed by atoms with Gasteiger partial charge < -0.3 is 4.74 Å². The van der Waals surface area contributed by atoms with Crippen molar-refractivity contribution in [3.05, 3.63) is 18.0 Å². The summed E-state index contributed by atoms with van der Waals surface area (Å²) in [5.41, 5.74) is 0.906. The Morgan fingerprint density at radius 1 is 1.79 bits per heavy atom. The molecule has 14 heavy (non-hydrogen) atoms. The first-order valence-corrected chi connectivity index (χ1v) is 4.43. The lowest BCUT2D eigenvalue weighted by Gasteiger charge is -2.09. The van der Waals surface area contributed by atoms with Crippen LogP contribution in [0.4, 0.5) is 0 Å². The van der Waals surface area contributed by atoms with Gasteiger partial charge in [-0.05, 0) is 13.0 Å². The SMILES string of the molecule is COC(=O)C(C)NCc1ccn(C)n1. The summed E-state index contributed by atoms with van der Waals surface area (Å²) in [6, 6.07) is 1.60. The number of aryl methyl sites for hydroxylation is 1. The van der Waals surface area contributed by atoms with Crippen molar-refractivity contribution in [1.29, 1.82) is 0 Å². The second-order valence-electron chi connectivity index (χ2n) is 3.11. The molecule has 0 aliphatic heterocycles. The van der Waals surface area contributed by atoms with Gasteiger partial charge in [0.2, 0.25) is 0 Å². The molecule has 0 bridgehead atoms. The summed E-state index contributed by atoms with van der Waals surface area (Å²) in [5, 5.41) is 7.18. The Labute approximate surface area is 83.1 Å². The van der Waals surface area contributed by atoms with Crippen LogP contribution in [-0.4, -0.2) is 28.9 Å². The topological polar surface area (TPSA) is 56.1 Å². The van der Waals surface area contributed by atoms with E-state index in [0.717, 1.165) is 5.69 Å². The first kappa shape index (κ1) is 10.7. The minimum absolute atomic E-state index is 0.263. The van der Waals surface area contributed by atoms with E-state index in [9.17, 15) is 4.79 Å².